The third-order valence-electron chi connectivity index (χ3n) is 6.35. The van der Waals surface area contributed by atoms with Gasteiger partial charge in [0.25, 0.3) is 0 Å². The van der Waals surface area contributed by atoms with E-state index in [2.05, 4.69) is 20.9 Å². The number of carbonyl (C=O) groups is 4. The van der Waals surface area contributed by atoms with Crippen LogP contribution in [0.25, 0.3) is 10.8 Å². The van der Waals surface area contributed by atoms with Gasteiger partial charge in [-0.05, 0) is 76.7 Å². The molecule has 0 aliphatic rings. The number of rotatable bonds is 7. The standard InChI is InChI=1S/C30H41BrN2O8/c1-17-12-13-18-16-33-22(21(31)19(18)14-17)30(26(2,3)4,41-25(32)37)29(10,11)40-24(36)23(35)39-28(8,9)15-20(34)38-27(5,6)7/h12-14,16H,15H2,1-11H3,(H2,32,37). The number of benzene rings is 1. The van der Waals surface area contributed by atoms with Crippen molar-refractivity contribution in [3.8, 4) is 0 Å². The molecule has 1 amide bonds. The molecule has 2 N–H and O–H groups in total. The summed E-state index contributed by atoms with van der Waals surface area (Å²) in [5.41, 5.74) is 0.168. The van der Waals surface area contributed by atoms with E-state index in [0.29, 0.717) is 4.47 Å². The summed E-state index contributed by atoms with van der Waals surface area (Å²) in [4.78, 5) is 55.4. The van der Waals surface area contributed by atoms with Crippen LogP contribution in [0.1, 0.15) is 86.9 Å². The zero-order valence-electron chi connectivity index (χ0n) is 25.7. The minimum atomic E-state index is -1.80. The van der Waals surface area contributed by atoms with Crippen LogP contribution in [0.5, 0.6) is 0 Å². The second-order valence-electron chi connectivity index (χ2n) is 13.2. The van der Waals surface area contributed by atoms with Gasteiger partial charge in [0.2, 0.25) is 5.60 Å². The first-order chi connectivity index (χ1) is 18.4. The van der Waals surface area contributed by atoms with Crippen LogP contribution in [0, 0.1) is 12.3 Å². The van der Waals surface area contributed by atoms with Gasteiger partial charge < -0.3 is 24.7 Å². The first-order valence-corrected chi connectivity index (χ1v) is 13.9. The monoisotopic (exact) mass is 636 g/mol. The number of fused-ring (bicyclic) bond motifs is 1. The highest BCUT2D eigenvalue weighted by molar-refractivity contribution is 9.10. The second kappa shape index (κ2) is 11.6. The third kappa shape index (κ3) is 7.75. The Labute approximate surface area is 249 Å². The number of esters is 3. The third-order valence-corrected chi connectivity index (χ3v) is 7.15. The number of aromatic nitrogens is 1. The molecule has 1 atom stereocenters. The molecular formula is C30H41BrN2O8. The molecule has 1 aromatic carbocycles. The van der Waals surface area contributed by atoms with E-state index in [-0.39, 0.29) is 12.1 Å². The van der Waals surface area contributed by atoms with Crippen molar-refractivity contribution in [2.24, 2.45) is 11.1 Å². The van der Waals surface area contributed by atoms with Crippen LogP contribution in [-0.2, 0) is 38.9 Å². The predicted molar refractivity (Wildman–Crippen MR) is 157 cm³/mol. The highest BCUT2D eigenvalue weighted by Crippen LogP contribution is 2.53. The van der Waals surface area contributed by atoms with E-state index in [4.69, 9.17) is 24.7 Å². The van der Waals surface area contributed by atoms with Gasteiger partial charge >= 0.3 is 24.0 Å². The summed E-state index contributed by atoms with van der Waals surface area (Å²) in [6, 6.07) is 5.78. The summed E-state index contributed by atoms with van der Waals surface area (Å²) in [5.74, 6) is -3.30. The van der Waals surface area contributed by atoms with Gasteiger partial charge in [-0.3, -0.25) is 9.78 Å². The molecule has 0 spiro atoms. The van der Waals surface area contributed by atoms with E-state index in [1.807, 2.05) is 25.1 Å². The lowest BCUT2D eigenvalue weighted by Gasteiger charge is -2.51. The van der Waals surface area contributed by atoms with Crippen molar-refractivity contribution in [1.82, 2.24) is 4.98 Å². The zero-order valence-corrected chi connectivity index (χ0v) is 27.3. The van der Waals surface area contributed by atoms with Gasteiger partial charge in [0.15, 0.2) is 5.60 Å². The first-order valence-electron chi connectivity index (χ1n) is 13.1. The molecule has 0 radical (unpaired) electrons. The van der Waals surface area contributed by atoms with Gasteiger partial charge in [0, 0.05) is 17.0 Å². The molecule has 1 heterocycles. The number of hydrogen-bond donors (Lipinski definition) is 1. The van der Waals surface area contributed by atoms with Crippen molar-refractivity contribution < 1.29 is 38.1 Å². The van der Waals surface area contributed by atoms with Gasteiger partial charge in [-0.25, -0.2) is 14.4 Å². The molecule has 1 aromatic heterocycles. The van der Waals surface area contributed by atoms with E-state index in [0.717, 1.165) is 16.3 Å². The summed E-state index contributed by atoms with van der Waals surface area (Å²) in [7, 11) is 0. The molecule has 0 bridgehead atoms. The maximum Gasteiger partial charge on any atom is 0.418 e. The number of nitrogens with two attached hydrogens (primary N) is 1. The van der Waals surface area contributed by atoms with Gasteiger partial charge in [-0.2, -0.15) is 0 Å². The molecular weight excluding hydrogens is 596 g/mol. The molecule has 41 heavy (non-hydrogen) atoms. The number of ether oxygens (including phenoxy) is 4. The van der Waals surface area contributed by atoms with E-state index < -0.39 is 51.8 Å². The Bertz CT molecular complexity index is 1350. The van der Waals surface area contributed by atoms with Gasteiger partial charge in [0.05, 0.1) is 10.9 Å². The van der Waals surface area contributed by atoms with Crippen molar-refractivity contribution in [1.29, 1.82) is 0 Å². The van der Waals surface area contributed by atoms with Crippen molar-refractivity contribution in [2.45, 2.75) is 105 Å². The Morgan fingerprint density at radius 2 is 1.41 bits per heavy atom. The molecule has 10 nitrogen and oxygen atoms in total. The molecule has 0 aliphatic carbocycles. The normalized spacial score (nSPS) is 14.1. The lowest BCUT2D eigenvalue weighted by molar-refractivity contribution is -0.224. The minimum Gasteiger partial charge on any atom is -0.460 e. The summed E-state index contributed by atoms with van der Waals surface area (Å²) in [6.07, 6.45) is 0.185. The number of aryl methyl sites for hydroxylation is 1. The van der Waals surface area contributed by atoms with Gasteiger partial charge in [0.1, 0.15) is 16.9 Å². The SMILES string of the molecule is Cc1ccc2cnc(C(OC(N)=O)(C(C)(C)C)C(C)(C)OC(=O)C(=O)OC(C)(C)CC(=O)OC(C)(C)C)c(Br)c2c1. The molecule has 1 unspecified atom stereocenters. The summed E-state index contributed by atoms with van der Waals surface area (Å²) >= 11 is 3.63. The van der Waals surface area contributed by atoms with Crippen LogP contribution >= 0.6 is 15.9 Å². The van der Waals surface area contributed by atoms with E-state index >= 15 is 0 Å². The average molecular weight is 638 g/mol. The van der Waals surface area contributed by atoms with E-state index in [1.54, 1.807) is 47.7 Å². The fourth-order valence-electron chi connectivity index (χ4n) is 4.95. The lowest BCUT2D eigenvalue weighted by Crippen LogP contribution is -2.61. The number of hydrogen-bond acceptors (Lipinski definition) is 9. The molecule has 2 rings (SSSR count). The predicted octanol–water partition coefficient (Wildman–Crippen LogP) is 6.02. The van der Waals surface area contributed by atoms with Crippen molar-refractivity contribution >= 4 is 50.7 Å². The second-order valence-corrected chi connectivity index (χ2v) is 14.0. The molecule has 0 saturated carbocycles. The van der Waals surface area contributed by atoms with Crippen molar-refractivity contribution in [3.63, 3.8) is 0 Å². The topological polar surface area (TPSA) is 144 Å². The lowest BCUT2D eigenvalue weighted by atomic mass is 9.65. The molecule has 226 valence electrons. The van der Waals surface area contributed by atoms with Crippen LogP contribution in [0.2, 0.25) is 0 Å². The van der Waals surface area contributed by atoms with E-state index in [9.17, 15) is 19.2 Å². The maximum absolute atomic E-state index is 13.2. The Kier molecular flexibility index (Phi) is 9.60. The molecule has 0 aliphatic heterocycles. The number of primary amides is 1. The Hall–Kier alpha value is -3.21. The molecule has 0 fully saturated rings. The average Bonchev–Trinajstić information content (AvgIpc) is 2.74. The number of halogens is 1. The summed E-state index contributed by atoms with van der Waals surface area (Å²) < 4.78 is 22.7. The van der Waals surface area contributed by atoms with Crippen LogP contribution < -0.4 is 5.73 Å². The quantitative estimate of drug-likeness (QED) is 0.219. The molecule has 2 aromatic rings. The summed E-state index contributed by atoms with van der Waals surface area (Å²) in [5, 5.41) is 1.60. The Balaban J connectivity index is 2.55. The van der Waals surface area contributed by atoms with Crippen LogP contribution in [0.15, 0.2) is 28.9 Å². The van der Waals surface area contributed by atoms with Gasteiger partial charge in [-0.1, -0.05) is 44.5 Å². The van der Waals surface area contributed by atoms with Crippen LogP contribution in [0.3, 0.4) is 0 Å². The highest BCUT2D eigenvalue weighted by atomic mass is 79.9. The molecule has 0 saturated heterocycles. The zero-order chi connectivity index (χ0) is 31.8. The van der Waals surface area contributed by atoms with Crippen LogP contribution in [0.4, 0.5) is 4.79 Å². The summed E-state index contributed by atoms with van der Waals surface area (Å²) in [6.45, 7) is 18.3. The number of carbonyl (C=O) groups excluding carboxylic acids is 4. The minimum absolute atomic E-state index is 0.235. The molecule has 11 heteroatoms. The smallest absolute Gasteiger partial charge is 0.418 e. The fourth-order valence-corrected chi connectivity index (χ4v) is 5.68. The first kappa shape index (κ1) is 34.0. The van der Waals surface area contributed by atoms with Crippen molar-refractivity contribution in [3.05, 3.63) is 40.1 Å². The largest absolute Gasteiger partial charge is 0.460 e. The van der Waals surface area contributed by atoms with E-state index in [1.165, 1.54) is 27.7 Å². The van der Waals surface area contributed by atoms with Gasteiger partial charge in [-0.15, -0.1) is 0 Å². The Morgan fingerprint density at radius 1 is 0.854 bits per heavy atom. The maximum atomic E-state index is 13.2. The number of pyridine rings is 1. The Morgan fingerprint density at radius 3 is 1.93 bits per heavy atom. The fraction of sp³-hybridized carbons (Fsp3) is 0.567. The number of nitrogens with zero attached hydrogens (tertiary/aromatic N) is 1. The van der Waals surface area contributed by atoms with Crippen LogP contribution in [-0.4, -0.2) is 45.8 Å². The number of amides is 1. The van der Waals surface area contributed by atoms with Crippen molar-refractivity contribution in [2.75, 3.05) is 0 Å². The highest BCUT2D eigenvalue weighted by Gasteiger charge is 2.62.